The average molecular weight is 314 g/mol. The van der Waals surface area contributed by atoms with E-state index in [-0.39, 0.29) is 0 Å². The highest BCUT2D eigenvalue weighted by Crippen LogP contribution is 2.24. The van der Waals surface area contributed by atoms with Crippen LogP contribution in [0.2, 0.25) is 5.02 Å². The van der Waals surface area contributed by atoms with E-state index < -0.39 is 0 Å². The summed E-state index contributed by atoms with van der Waals surface area (Å²) in [6.45, 7) is 0.743. The number of hydrogen-bond donors (Lipinski definition) is 1. The SMILES string of the molecule is COc1ccc2ncnc(NCCc3ccccc3Cl)c2c1. The molecule has 1 N–H and O–H groups in total. The fraction of sp³-hybridized carbons (Fsp3) is 0.176. The van der Waals surface area contributed by atoms with Crippen molar-refractivity contribution < 1.29 is 4.74 Å². The van der Waals surface area contributed by atoms with Gasteiger partial charge in [-0.25, -0.2) is 9.97 Å². The molecule has 0 atom stereocenters. The van der Waals surface area contributed by atoms with Gasteiger partial charge in [0.2, 0.25) is 0 Å². The predicted molar refractivity (Wildman–Crippen MR) is 89.7 cm³/mol. The lowest BCUT2D eigenvalue weighted by molar-refractivity contribution is 0.415. The zero-order valence-corrected chi connectivity index (χ0v) is 13.0. The summed E-state index contributed by atoms with van der Waals surface area (Å²) in [7, 11) is 1.65. The highest BCUT2D eigenvalue weighted by atomic mass is 35.5. The van der Waals surface area contributed by atoms with E-state index in [4.69, 9.17) is 16.3 Å². The molecular weight excluding hydrogens is 298 g/mol. The van der Waals surface area contributed by atoms with Crippen LogP contribution in [0.25, 0.3) is 10.9 Å². The van der Waals surface area contributed by atoms with Gasteiger partial charge in [-0.3, -0.25) is 0 Å². The van der Waals surface area contributed by atoms with Crippen LogP contribution in [0.4, 0.5) is 5.82 Å². The third-order valence-corrected chi connectivity index (χ3v) is 3.86. The summed E-state index contributed by atoms with van der Waals surface area (Å²) in [6, 6.07) is 13.6. The van der Waals surface area contributed by atoms with Crippen LogP contribution in [0.5, 0.6) is 5.75 Å². The van der Waals surface area contributed by atoms with Crippen LogP contribution < -0.4 is 10.1 Å². The molecule has 22 heavy (non-hydrogen) atoms. The molecule has 3 aromatic rings. The highest BCUT2D eigenvalue weighted by Gasteiger charge is 2.05. The molecule has 0 spiro atoms. The van der Waals surface area contributed by atoms with Crippen molar-refractivity contribution in [3.63, 3.8) is 0 Å². The number of halogens is 1. The molecule has 0 saturated carbocycles. The van der Waals surface area contributed by atoms with Crippen LogP contribution in [0.15, 0.2) is 48.8 Å². The van der Waals surface area contributed by atoms with Crippen LogP contribution in [0, 0.1) is 0 Å². The zero-order valence-electron chi connectivity index (χ0n) is 12.2. The number of hydrogen-bond acceptors (Lipinski definition) is 4. The molecule has 3 rings (SSSR count). The topological polar surface area (TPSA) is 47.0 Å². The van der Waals surface area contributed by atoms with E-state index in [0.29, 0.717) is 0 Å². The molecule has 0 radical (unpaired) electrons. The van der Waals surface area contributed by atoms with Crippen molar-refractivity contribution in [3.05, 3.63) is 59.4 Å². The number of aromatic nitrogens is 2. The molecule has 0 bridgehead atoms. The number of fused-ring (bicyclic) bond motifs is 1. The normalized spacial score (nSPS) is 10.6. The number of nitrogens with zero attached hydrogens (tertiary/aromatic N) is 2. The third kappa shape index (κ3) is 3.12. The van der Waals surface area contributed by atoms with Crippen molar-refractivity contribution in [2.45, 2.75) is 6.42 Å². The van der Waals surface area contributed by atoms with Gasteiger partial charge in [0, 0.05) is 17.0 Å². The number of rotatable bonds is 5. The number of ether oxygens (including phenoxy) is 1. The van der Waals surface area contributed by atoms with Gasteiger partial charge in [-0.05, 0) is 36.2 Å². The lowest BCUT2D eigenvalue weighted by atomic mass is 10.1. The van der Waals surface area contributed by atoms with Crippen LogP contribution in [0.1, 0.15) is 5.56 Å². The molecule has 112 valence electrons. The summed E-state index contributed by atoms with van der Waals surface area (Å²) >= 11 is 6.17. The first-order valence-corrected chi connectivity index (χ1v) is 7.42. The molecule has 0 aliphatic carbocycles. The third-order valence-electron chi connectivity index (χ3n) is 3.49. The fourth-order valence-electron chi connectivity index (χ4n) is 2.32. The molecule has 0 fully saturated rings. The summed E-state index contributed by atoms with van der Waals surface area (Å²) in [5, 5.41) is 5.09. The van der Waals surface area contributed by atoms with Gasteiger partial charge in [-0.1, -0.05) is 29.8 Å². The molecule has 0 saturated heterocycles. The molecule has 1 aromatic heterocycles. The number of nitrogens with one attached hydrogen (secondary N) is 1. The minimum Gasteiger partial charge on any atom is -0.497 e. The van der Waals surface area contributed by atoms with Gasteiger partial charge in [-0.15, -0.1) is 0 Å². The Hall–Kier alpha value is -2.33. The number of anilines is 1. The summed E-state index contributed by atoms with van der Waals surface area (Å²) in [4.78, 5) is 8.59. The maximum atomic E-state index is 6.17. The standard InChI is InChI=1S/C17H16ClN3O/c1-22-13-6-7-16-14(10-13)17(21-11-20-16)19-9-8-12-4-2-3-5-15(12)18/h2-7,10-11H,8-9H2,1H3,(H,19,20,21). The van der Waals surface area contributed by atoms with Gasteiger partial charge >= 0.3 is 0 Å². The zero-order chi connectivity index (χ0) is 15.4. The molecule has 5 heteroatoms. The molecule has 1 heterocycles. The first-order chi connectivity index (χ1) is 10.8. The summed E-state index contributed by atoms with van der Waals surface area (Å²) in [6.07, 6.45) is 2.39. The van der Waals surface area contributed by atoms with E-state index in [1.165, 1.54) is 0 Å². The predicted octanol–water partition coefficient (Wildman–Crippen LogP) is 3.95. The first kappa shape index (κ1) is 14.6. The minimum absolute atomic E-state index is 0.743. The Morgan fingerprint density at radius 3 is 2.82 bits per heavy atom. The maximum Gasteiger partial charge on any atom is 0.137 e. The Morgan fingerprint density at radius 2 is 2.00 bits per heavy atom. The molecule has 4 nitrogen and oxygen atoms in total. The van der Waals surface area contributed by atoms with E-state index in [9.17, 15) is 0 Å². The first-order valence-electron chi connectivity index (χ1n) is 7.04. The lowest BCUT2D eigenvalue weighted by Crippen LogP contribution is -2.07. The van der Waals surface area contributed by atoms with E-state index in [0.717, 1.165) is 46.0 Å². The summed E-state index contributed by atoms with van der Waals surface area (Å²) < 4.78 is 5.27. The molecule has 2 aromatic carbocycles. The largest absolute Gasteiger partial charge is 0.497 e. The van der Waals surface area contributed by atoms with Crippen molar-refractivity contribution >= 4 is 28.3 Å². The number of methoxy groups -OCH3 is 1. The van der Waals surface area contributed by atoms with Crippen molar-refractivity contribution in [1.82, 2.24) is 9.97 Å². The van der Waals surface area contributed by atoms with Gasteiger partial charge in [0.05, 0.1) is 12.6 Å². The van der Waals surface area contributed by atoms with Gasteiger partial charge in [0.1, 0.15) is 17.9 Å². The second kappa shape index (κ2) is 6.62. The summed E-state index contributed by atoms with van der Waals surface area (Å²) in [5.74, 6) is 1.59. The van der Waals surface area contributed by atoms with E-state index >= 15 is 0 Å². The highest BCUT2D eigenvalue weighted by molar-refractivity contribution is 6.31. The van der Waals surface area contributed by atoms with Gasteiger partial charge in [0.15, 0.2) is 0 Å². The van der Waals surface area contributed by atoms with Gasteiger partial charge < -0.3 is 10.1 Å². The Morgan fingerprint density at radius 1 is 1.14 bits per heavy atom. The summed E-state index contributed by atoms with van der Waals surface area (Å²) in [5.41, 5.74) is 2.00. The fourth-order valence-corrected chi connectivity index (χ4v) is 2.55. The Kier molecular flexibility index (Phi) is 4.39. The Labute approximate surface area is 134 Å². The second-order valence-corrected chi connectivity index (χ2v) is 5.28. The molecular formula is C17H16ClN3O. The van der Waals surface area contributed by atoms with Gasteiger partial charge in [-0.2, -0.15) is 0 Å². The van der Waals surface area contributed by atoms with Crippen LogP contribution in [0.3, 0.4) is 0 Å². The molecule has 0 aliphatic heterocycles. The quantitative estimate of drug-likeness (QED) is 0.775. The maximum absolute atomic E-state index is 6.17. The van der Waals surface area contributed by atoms with E-state index in [2.05, 4.69) is 15.3 Å². The van der Waals surface area contributed by atoms with Crippen molar-refractivity contribution in [2.75, 3.05) is 19.0 Å². The molecule has 0 aliphatic rings. The Balaban J connectivity index is 1.77. The molecule has 0 amide bonds. The number of benzene rings is 2. The van der Waals surface area contributed by atoms with Crippen LogP contribution in [-0.4, -0.2) is 23.6 Å². The van der Waals surface area contributed by atoms with E-state index in [1.54, 1.807) is 13.4 Å². The lowest BCUT2D eigenvalue weighted by Gasteiger charge is -2.10. The van der Waals surface area contributed by atoms with Crippen molar-refractivity contribution in [1.29, 1.82) is 0 Å². The van der Waals surface area contributed by atoms with Gasteiger partial charge in [0.25, 0.3) is 0 Å². The van der Waals surface area contributed by atoms with Crippen LogP contribution >= 0.6 is 11.6 Å². The average Bonchev–Trinajstić information content (AvgIpc) is 2.56. The smallest absolute Gasteiger partial charge is 0.137 e. The van der Waals surface area contributed by atoms with E-state index in [1.807, 2.05) is 42.5 Å². The Bertz CT molecular complexity index is 792. The van der Waals surface area contributed by atoms with Crippen molar-refractivity contribution in [2.24, 2.45) is 0 Å². The second-order valence-electron chi connectivity index (χ2n) is 4.87. The monoisotopic (exact) mass is 313 g/mol. The minimum atomic E-state index is 0.743. The van der Waals surface area contributed by atoms with Crippen LogP contribution in [-0.2, 0) is 6.42 Å². The molecule has 0 unspecified atom stereocenters. The van der Waals surface area contributed by atoms with Crippen molar-refractivity contribution in [3.8, 4) is 5.75 Å².